The van der Waals surface area contributed by atoms with Crippen molar-refractivity contribution >= 4 is 34.9 Å². The Balaban J connectivity index is 1.12. The maximum atomic E-state index is 12.5. The Hall–Kier alpha value is -4.18. The number of hydrogen-bond acceptors (Lipinski definition) is 7. The van der Waals surface area contributed by atoms with Gasteiger partial charge in [0.2, 0.25) is 5.95 Å². The molecule has 0 spiro atoms. The molecule has 1 aromatic carbocycles. The van der Waals surface area contributed by atoms with Gasteiger partial charge in [-0.3, -0.25) is 4.79 Å². The van der Waals surface area contributed by atoms with Gasteiger partial charge in [0.05, 0.1) is 6.61 Å². The van der Waals surface area contributed by atoms with E-state index in [9.17, 15) is 9.59 Å². The molecule has 6 rings (SSSR count). The van der Waals surface area contributed by atoms with Crippen LogP contribution in [-0.2, 0) is 4.74 Å². The third kappa shape index (κ3) is 4.67. The standard InChI is InChI=1S/C27H29N7O3/c1-2-37-27(36)33-12-9-17(10-13-33)20-4-3-11-34-24(20)31-26(32-34)30-19-7-5-18(6-8-19)25(35)29-16-23-21-14-28-15-22(21)23/h3-9,11,16,21-22,28H,2,10,12-15H2,1H3,(H,29,35)(H,30,32). The molecular formula is C27H29N7O3. The van der Waals surface area contributed by atoms with Crippen LogP contribution in [0.25, 0.3) is 11.2 Å². The van der Waals surface area contributed by atoms with E-state index >= 15 is 0 Å². The molecule has 3 N–H and O–H groups in total. The minimum absolute atomic E-state index is 0.116. The maximum absolute atomic E-state index is 12.5. The molecule has 1 saturated heterocycles. The fourth-order valence-corrected chi connectivity index (χ4v) is 5.10. The molecule has 3 aromatic rings. The van der Waals surface area contributed by atoms with Crippen molar-refractivity contribution in [2.75, 3.05) is 38.1 Å². The summed E-state index contributed by atoms with van der Waals surface area (Å²) in [6.07, 6.45) is 6.21. The summed E-state index contributed by atoms with van der Waals surface area (Å²) in [5, 5.41) is 14.1. The Morgan fingerprint density at radius 2 is 2.00 bits per heavy atom. The van der Waals surface area contributed by atoms with Crippen LogP contribution in [0.1, 0.15) is 29.3 Å². The van der Waals surface area contributed by atoms with E-state index in [-0.39, 0.29) is 12.0 Å². The van der Waals surface area contributed by atoms with Gasteiger partial charge in [-0.25, -0.2) is 9.31 Å². The largest absolute Gasteiger partial charge is 0.450 e. The van der Waals surface area contributed by atoms with Gasteiger partial charge in [0.15, 0.2) is 5.65 Å². The molecule has 190 valence electrons. The minimum Gasteiger partial charge on any atom is -0.450 e. The summed E-state index contributed by atoms with van der Waals surface area (Å²) in [5.41, 5.74) is 5.58. The van der Waals surface area contributed by atoms with E-state index in [0.717, 1.165) is 35.6 Å². The van der Waals surface area contributed by atoms with Crippen LogP contribution in [0.3, 0.4) is 0 Å². The molecule has 1 aliphatic carbocycles. The Morgan fingerprint density at radius 3 is 2.73 bits per heavy atom. The molecule has 10 heteroatoms. The summed E-state index contributed by atoms with van der Waals surface area (Å²) < 4.78 is 6.85. The zero-order valence-electron chi connectivity index (χ0n) is 20.6. The second kappa shape index (κ2) is 9.70. The minimum atomic E-state index is -0.284. The van der Waals surface area contributed by atoms with Gasteiger partial charge in [0.25, 0.3) is 5.91 Å². The zero-order valence-corrected chi connectivity index (χ0v) is 20.6. The topological polar surface area (TPSA) is 113 Å². The fourth-order valence-electron chi connectivity index (χ4n) is 5.10. The lowest BCUT2D eigenvalue weighted by atomic mass is 10.0. The van der Waals surface area contributed by atoms with Crippen LogP contribution in [-0.4, -0.2) is 64.3 Å². The van der Waals surface area contributed by atoms with E-state index < -0.39 is 0 Å². The molecule has 2 aliphatic heterocycles. The van der Waals surface area contributed by atoms with Crippen molar-refractivity contribution < 1.29 is 14.3 Å². The first-order valence-corrected chi connectivity index (χ1v) is 12.7. The molecule has 0 radical (unpaired) electrons. The van der Waals surface area contributed by atoms with Gasteiger partial charge in [-0.15, -0.1) is 5.10 Å². The van der Waals surface area contributed by atoms with Gasteiger partial charge in [-0.05, 0) is 60.9 Å². The number of amides is 2. The molecule has 37 heavy (non-hydrogen) atoms. The number of hydrogen-bond donors (Lipinski definition) is 3. The lowest BCUT2D eigenvalue weighted by Gasteiger charge is -2.25. The number of benzene rings is 1. The summed E-state index contributed by atoms with van der Waals surface area (Å²) in [6.45, 7) is 5.30. The molecule has 1 saturated carbocycles. The number of nitrogens with zero attached hydrogens (tertiary/aromatic N) is 4. The number of ether oxygens (including phenoxy) is 1. The highest BCUT2D eigenvalue weighted by Crippen LogP contribution is 2.47. The van der Waals surface area contributed by atoms with E-state index in [1.165, 1.54) is 5.57 Å². The van der Waals surface area contributed by atoms with Crippen LogP contribution < -0.4 is 16.0 Å². The maximum Gasteiger partial charge on any atom is 0.410 e. The predicted molar refractivity (Wildman–Crippen MR) is 139 cm³/mol. The third-order valence-electron chi connectivity index (χ3n) is 7.18. The normalized spacial score (nSPS) is 20.3. The number of nitrogens with one attached hydrogen (secondary N) is 3. The smallest absolute Gasteiger partial charge is 0.410 e. The lowest BCUT2D eigenvalue weighted by molar-refractivity contribution is 0.0969. The Labute approximate surface area is 214 Å². The average molecular weight is 500 g/mol. The number of carbonyl (C=O) groups is 2. The summed E-state index contributed by atoms with van der Waals surface area (Å²) in [7, 11) is 0. The quantitative estimate of drug-likeness (QED) is 0.477. The molecule has 2 atom stereocenters. The van der Waals surface area contributed by atoms with Crippen molar-refractivity contribution in [3.05, 3.63) is 71.6 Å². The molecular weight excluding hydrogens is 470 g/mol. The number of aromatic nitrogens is 3. The van der Waals surface area contributed by atoms with E-state index in [1.807, 2.05) is 49.7 Å². The highest BCUT2D eigenvalue weighted by molar-refractivity contribution is 5.95. The highest BCUT2D eigenvalue weighted by atomic mass is 16.6. The third-order valence-corrected chi connectivity index (χ3v) is 7.18. The SMILES string of the molecule is CCOC(=O)N1CC=C(c2cccn3nc(Nc4ccc(C(=O)NC=C5C6CNCC56)cc4)nc23)CC1. The van der Waals surface area contributed by atoms with Crippen LogP contribution in [0.4, 0.5) is 16.4 Å². The van der Waals surface area contributed by atoms with Crippen LogP contribution in [0.5, 0.6) is 0 Å². The van der Waals surface area contributed by atoms with Crippen molar-refractivity contribution in [3.63, 3.8) is 0 Å². The number of anilines is 2. The predicted octanol–water partition coefficient (Wildman–Crippen LogP) is 3.18. The number of carbonyl (C=O) groups excluding carboxylic acids is 2. The molecule has 10 nitrogen and oxygen atoms in total. The van der Waals surface area contributed by atoms with E-state index in [1.54, 1.807) is 21.5 Å². The molecule has 2 amide bonds. The number of piperidine rings is 1. The molecule has 0 bridgehead atoms. The van der Waals surface area contributed by atoms with Crippen molar-refractivity contribution in [2.24, 2.45) is 11.8 Å². The fraction of sp³-hybridized carbons (Fsp3) is 0.333. The Morgan fingerprint density at radius 1 is 1.19 bits per heavy atom. The summed E-state index contributed by atoms with van der Waals surface area (Å²) in [4.78, 5) is 30.9. The van der Waals surface area contributed by atoms with E-state index in [0.29, 0.717) is 49.5 Å². The molecule has 2 unspecified atom stereocenters. The number of pyridine rings is 1. The van der Waals surface area contributed by atoms with Crippen LogP contribution in [0.2, 0.25) is 0 Å². The highest BCUT2D eigenvalue weighted by Gasteiger charge is 2.47. The van der Waals surface area contributed by atoms with E-state index in [2.05, 4.69) is 21.0 Å². The second-order valence-electron chi connectivity index (χ2n) is 9.44. The number of fused-ring (bicyclic) bond motifs is 2. The number of rotatable bonds is 6. The van der Waals surface area contributed by atoms with Crippen LogP contribution in [0.15, 0.2) is 60.4 Å². The first-order chi connectivity index (χ1) is 18.1. The van der Waals surface area contributed by atoms with Gasteiger partial charge in [-0.1, -0.05) is 6.08 Å². The summed E-state index contributed by atoms with van der Waals surface area (Å²) in [6, 6.07) is 11.2. The van der Waals surface area contributed by atoms with Gasteiger partial charge >= 0.3 is 6.09 Å². The Kier molecular flexibility index (Phi) is 6.09. The van der Waals surface area contributed by atoms with Crippen molar-refractivity contribution in [2.45, 2.75) is 13.3 Å². The second-order valence-corrected chi connectivity index (χ2v) is 9.44. The van der Waals surface area contributed by atoms with E-state index in [4.69, 9.17) is 9.72 Å². The van der Waals surface area contributed by atoms with Crippen LogP contribution >= 0.6 is 0 Å². The van der Waals surface area contributed by atoms with Crippen molar-refractivity contribution in [3.8, 4) is 0 Å². The molecule has 2 aromatic heterocycles. The first kappa shape index (κ1) is 23.2. The first-order valence-electron chi connectivity index (χ1n) is 12.7. The van der Waals surface area contributed by atoms with Crippen LogP contribution in [0, 0.1) is 11.8 Å². The van der Waals surface area contributed by atoms with Crippen molar-refractivity contribution in [1.29, 1.82) is 0 Å². The Bertz CT molecular complexity index is 1400. The van der Waals surface area contributed by atoms with Gasteiger partial charge in [0, 0.05) is 67.2 Å². The lowest BCUT2D eigenvalue weighted by Crippen LogP contribution is -2.35. The molecule has 4 heterocycles. The summed E-state index contributed by atoms with van der Waals surface area (Å²) >= 11 is 0. The zero-order chi connectivity index (χ0) is 25.4. The van der Waals surface area contributed by atoms with Gasteiger partial charge < -0.3 is 25.6 Å². The molecule has 2 fully saturated rings. The molecule has 3 aliphatic rings. The average Bonchev–Trinajstić information content (AvgIpc) is 3.23. The monoisotopic (exact) mass is 499 g/mol. The summed E-state index contributed by atoms with van der Waals surface area (Å²) in [5.74, 6) is 1.54. The van der Waals surface area contributed by atoms with Crippen molar-refractivity contribution in [1.82, 2.24) is 30.1 Å². The van der Waals surface area contributed by atoms with Gasteiger partial charge in [0.1, 0.15) is 0 Å². The van der Waals surface area contributed by atoms with Gasteiger partial charge in [-0.2, -0.15) is 4.98 Å².